The second-order valence-corrected chi connectivity index (χ2v) is 4.59. The van der Waals surface area contributed by atoms with E-state index >= 15 is 0 Å². The Hall–Kier alpha value is -1.88. The summed E-state index contributed by atoms with van der Waals surface area (Å²) in [6.07, 6.45) is 1.96. The molecule has 0 aliphatic carbocycles. The van der Waals surface area contributed by atoms with Crippen molar-refractivity contribution in [1.29, 1.82) is 0 Å². The molecule has 1 saturated heterocycles. The number of ether oxygens (including phenoxy) is 1. The molecule has 1 aromatic carbocycles. The maximum atomic E-state index is 11.8. The van der Waals surface area contributed by atoms with Crippen molar-refractivity contribution < 1.29 is 19.4 Å². The van der Waals surface area contributed by atoms with Gasteiger partial charge in [0.15, 0.2) is 6.04 Å². The summed E-state index contributed by atoms with van der Waals surface area (Å²) in [5.41, 5.74) is 0.565. The van der Waals surface area contributed by atoms with Gasteiger partial charge in [-0.1, -0.05) is 30.3 Å². The number of hydrogen-bond acceptors (Lipinski definition) is 3. The Morgan fingerprint density at radius 2 is 2.11 bits per heavy atom. The minimum Gasteiger partial charge on any atom is -0.479 e. The molecule has 1 aliphatic heterocycles. The number of hydrogen-bond donors (Lipinski definition) is 2. The van der Waals surface area contributed by atoms with Gasteiger partial charge in [-0.05, 0) is 18.4 Å². The van der Waals surface area contributed by atoms with E-state index in [4.69, 9.17) is 4.74 Å². The second kappa shape index (κ2) is 6.33. The molecular formula is C14H17NO4. The molecule has 0 aromatic heterocycles. The first kappa shape index (κ1) is 13.5. The first-order chi connectivity index (χ1) is 9.16. The Balaban J connectivity index is 1.97. The minimum atomic E-state index is -1.06. The molecule has 2 rings (SSSR count). The number of aliphatic carboxylic acids is 1. The van der Waals surface area contributed by atoms with Gasteiger partial charge in [-0.3, -0.25) is 4.79 Å². The summed E-state index contributed by atoms with van der Waals surface area (Å²) in [5.74, 6) is -1.35. The van der Waals surface area contributed by atoms with E-state index in [1.54, 1.807) is 30.3 Å². The summed E-state index contributed by atoms with van der Waals surface area (Å²) in [6, 6.07) is 7.66. The largest absolute Gasteiger partial charge is 0.479 e. The zero-order valence-electron chi connectivity index (χ0n) is 10.5. The normalized spacial score (nSPS) is 19.9. The van der Waals surface area contributed by atoms with E-state index in [1.807, 2.05) is 0 Å². The van der Waals surface area contributed by atoms with Crippen LogP contribution in [-0.4, -0.2) is 29.7 Å². The van der Waals surface area contributed by atoms with E-state index in [9.17, 15) is 14.7 Å². The zero-order chi connectivity index (χ0) is 13.7. The third-order valence-electron chi connectivity index (χ3n) is 3.12. The lowest BCUT2D eigenvalue weighted by atomic mass is 10.1. The number of carboxylic acid groups (broad SMARTS) is 1. The Kier molecular flexibility index (Phi) is 4.52. The fraction of sp³-hybridized carbons (Fsp3) is 0.429. The summed E-state index contributed by atoms with van der Waals surface area (Å²) in [4.78, 5) is 23.1. The van der Waals surface area contributed by atoms with Crippen LogP contribution in [0.4, 0.5) is 0 Å². The van der Waals surface area contributed by atoms with Gasteiger partial charge in [0.25, 0.3) is 0 Å². The first-order valence-electron chi connectivity index (χ1n) is 6.35. The van der Waals surface area contributed by atoms with Crippen LogP contribution < -0.4 is 5.32 Å². The highest BCUT2D eigenvalue weighted by molar-refractivity contribution is 5.84. The van der Waals surface area contributed by atoms with Gasteiger partial charge in [-0.25, -0.2) is 4.79 Å². The molecule has 1 heterocycles. The van der Waals surface area contributed by atoms with Crippen LogP contribution in [0.25, 0.3) is 0 Å². The van der Waals surface area contributed by atoms with Gasteiger partial charge in [0.1, 0.15) is 0 Å². The van der Waals surface area contributed by atoms with E-state index in [2.05, 4.69) is 5.32 Å². The van der Waals surface area contributed by atoms with Gasteiger partial charge in [0.05, 0.1) is 12.5 Å². The monoisotopic (exact) mass is 263 g/mol. The third-order valence-corrected chi connectivity index (χ3v) is 3.12. The van der Waals surface area contributed by atoms with Crippen molar-refractivity contribution >= 4 is 11.9 Å². The number of carboxylic acids is 1. The number of amides is 1. The number of benzene rings is 1. The highest BCUT2D eigenvalue weighted by atomic mass is 16.5. The molecule has 19 heavy (non-hydrogen) atoms. The number of nitrogens with one attached hydrogen (secondary N) is 1. The summed E-state index contributed by atoms with van der Waals surface area (Å²) in [5, 5.41) is 11.7. The molecule has 1 aliphatic rings. The van der Waals surface area contributed by atoms with E-state index in [-0.39, 0.29) is 18.4 Å². The maximum absolute atomic E-state index is 11.8. The average molecular weight is 263 g/mol. The van der Waals surface area contributed by atoms with Crippen molar-refractivity contribution in [1.82, 2.24) is 5.32 Å². The zero-order valence-corrected chi connectivity index (χ0v) is 10.5. The van der Waals surface area contributed by atoms with Crippen molar-refractivity contribution in [2.75, 3.05) is 6.61 Å². The fourth-order valence-electron chi connectivity index (χ4n) is 2.17. The van der Waals surface area contributed by atoms with Gasteiger partial charge in [0, 0.05) is 6.61 Å². The second-order valence-electron chi connectivity index (χ2n) is 4.59. The number of carbonyl (C=O) groups is 2. The lowest BCUT2D eigenvalue weighted by Crippen LogP contribution is -2.35. The molecule has 5 nitrogen and oxygen atoms in total. The SMILES string of the molecule is O=C(CC1CCCO1)NC(C(=O)O)c1ccccc1. The lowest BCUT2D eigenvalue weighted by Gasteiger charge is -2.16. The minimum absolute atomic E-state index is 0.0785. The van der Waals surface area contributed by atoms with E-state index in [0.29, 0.717) is 12.2 Å². The van der Waals surface area contributed by atoms with Crippen molar-refractivity contribution in [2.24, 2.45) is 0 Å². The van der Waals surface area contributed by atoms with Crippen LogP contribution in [0.1, 0.15) is 30.9 Å². The molecular weight excluding hydrogens is 246 g/mol. The molecule has 0 spiro atoms. The van der Waals surface area contributed by atoms with Crippen LogP contribution in [0.3, 0.4) is 0 Å². The lowest BCUT2D eigenvalue weighted by molar-refractivity contribution is -0.142. The quantitative estimate of drug-likeness (QED) is 0.844. The molecule has 2 unspecified atom stereocenters. The predicted octanol–water partition coefficient (Wildman–Crippen LogP) is 1.50. The van der Waals surface area contributed by atoms with Crippen LogP contribution in [0.2, 0.25) is 0 Å². The highest BCUT2D eigenvalue weighted by Gasteiger charge is 2.24. The van der Waals surface area contributed by atoms with Crippen LogP contribution >= 0.6 is 0 Å². The smallest absolute Gasteiger partial charge is 0.330 e. The van der Waals surface area contributed by atoms with Crippen LogP contribution in [0.15, 0.2) is 30.3 Å². The summed E-state index contributed by atoms with van der Waals surface area (Å²) in [7, 11) is 0. The molecule has 2 atom stereocenters. The third kappa shape index (κ3) is 3.79. The Labute approximate surface area is 111 Å². The van der Waals surface area contributed by atoms with Gasteiger partial charge in [0.2, 0.25) is 5.91 Å². The van der Waals surface area contributed by atoms with Crippen LogP contribution in [-0.2, 0) is 14.3 Å². The summed E-state index contributed by atoms with van der Waals surface area (Å²) < 4.78 is 5.36. The fourth-order valence-corrected chi connectivity index (χ4v) is 2.17. The van der Waals surface area contributed by atoms with Gasteiger partial charge >= 0.3 is 5.97 Å². The molecule has 1 aromatic rings. The molecule has 2 N–H and O–H groups in total. The average Bonchev–Trinajstić information content (AvgIpc) is 2.89. The van der Waals surface area contributed by atoms with Crippen molar-refractivity contribution in [2.45, 2.75) is 31.4 Å². The van der Waals surface area contributed by atoms with Crippen LogP contribution in [0.5, 0.6) is 0 Å². The Bertz CT molecular complexity index is 440. The van der Waals surface area contributed by atoms with Gasteiger partial charge in [-0.15, -0.1) is 0 Å². The predicted molar refractivity (Wildman–Crippen MR) is 68.6 cm³/mol. The number of carbonyl (C=O) groups excluding carboxylic acids is 1. The molecule has 102 valence electrons. The van der Waals surface area contributed by atoms with Crippen molar-refractivity contribution in [3.8, 4) is 0 Å². The van der Waals surface area contributed by atoms with E-state index < -0.39 is 12.0 Å². The first-order valence-corrected chi connectivity index (χ1v) is 6.35. The summed E-state index contributed by atoms with van der Waals surface area (Å²) in [6.45, 7) is 0.680. The maximum Gasteiger partial charge on any atom is 0.330 e. The van der Waals surface area contributed by atoms with E-state index in [0.717, 1.165) is 12.8 Å². The van der Waals surface area contributed by atoms with Crippen molar-refractivity contribution in [3.05, 3.63) is 35.9 Å². The molecule has 0 saturated carbocycles. The van der Waals surface area contributed by atoms with Crippen molar-refractivity contribution in [3.63, 3.8) is 0 Å². The molecule has 0 bridgehead atoms. The van der Waals surface area contributed by atoms with Gasteiger partial charge < -0.3 is 15.2 Å². The topological polar surface area (TPSA) is 75.6 Å². The molecule has 1 fully saturated rings. The Morgan fingerprint density at radius 3 is 2.68 bits per heavy atom. The highest BCUT2D eigenvalue weighted by Crippen LogP contribution is 2.17. The molecule has 0 radical (unpaired) electrons. The standard InChI is InChI=1S/C14H17NO4/c16-12(9-11-7-4-8-19-11)15-13(14(17)18)10-5-2-1-3-6-10/h1-3,5-6,11,13H,4,7-9H2,(H,15,16)(H,17,18). The van der Waals surface area contributed by atoms with E-state index in [1.165, 1.54) is 0 Å². The number of rotatable bonds is 5. The Morgan fingerprint density at radius 1 is 1.37 bits per heavy atom. The summed E-state index contributed by atoms with van der Waals surface area (Å²) >= 11 is 0. The molecule has 1 amide bonds. The molecule has 5 heteroatoms. The van der Waals surface area contributed by atoms with Gasteiger partial charge in [-0.2, -0.15) is 0 Å². The van der Waals surface area contributed by atoms with Crippen LogP contribution in [0, 0.1) is 0 Å².